The Labute approximate surface area is 137 Å². The lowest BCUT2D eigenvalue weighted by molar-refractivity contribution is -0.222. The van der Waals surface area contributed by atoms with Crippen LogP contribution in [-0.2, 0) is 19.1 Å². The molecule has 5 heteroatoms. The lowest BCUT2D eigenvalue weighted by Gasteiger charge is -2.59. The molecular formula is C18H28O5. The Balaban J connectivity index is 1.57. The standard InChI is InChI=1S/C18H28O5/c1-4-16(2,3)15(20)22-10-14(19)23-18-8-12-5-13(9-18)7-17(21,6-12)11-18/h12-13,21H,4-11H2,1-3H3. The summed E-state index contributed by atoms with van der Waals surface area (Å²) in [6, 6.07) is 0. The van der Waals surface area contributed by atoms with E-state index in [1.807, 2.05) is 6.92 Å². The van der Waals surface area contributed by atoms with Gasteiger partial charge < -0.3 is 14.6 Å². The van der Waals surface area contributed by atoms with Crippen LogP contribution < -0.4 is 0 Å². The molecule has 0 aliphatic heterocycles. The summed E-state index contributed by atoms with van der Waals surface area (Å²) in [7, 11) is 0. The monoisotopic (exact) mass is 324 g/mol. The average Bonchev–Trinajstić information content (AvgIpc) is 2.41. The van der Waals surface area contributed by atoms with Gasteiger partial charge in [0.2, 0.25) is 0 Å². The summed E-state index contributed by atoms with van der Waals surface area (Å²) in [5, 5.41) is 10.7. The zero-order valence-electron chi connectivity index (χ0n) is 14.4. The van der Waals surface area contributed by atoms with Gasteiger partial charge in [0.1, 0.15) is 5.60 Å². The van der Waals surface area contributed by atoms with Gasteiger partial charge in [-0.1, -0.05) is 6.92 Å². The third kappa shape index (κ3) is 3.25. The predicted octanol–water partition coefficient (Wildman–Crippen LogP) is 2.59. The van der Waals surface area contributed by atoms with E-state index in [4.69, 9.17) is 9.47 Å². The van der Waals surface area contributed by atoms with Gasteiger partial charge in [-0.15, -0.1) is 0 Å². The molecule has 2 unspecified atom stereocenters. The van der Waals surface area contributed by atoms with Crippen molar-refractivity contribution in [2.24, 2.45) is 17.3 Å². The van der Waals surface area contributed by atoms with Gasteiger partial charge in [-0.3, -0.25) is 4.79 Å². The van der Waals surface area contributed by atoms with Crippen LogP contribution in [0.4, 0.5) is 0 Å². The van der Waals surface area contributed by atoms with Crippen LogP contribution in [0, 0.1) is 17.3 Å². The van der Waals surface area contributed by atoms with Gasteiger partial charge in [0, 0.05) is 6.42 Å². The van der Waals surface area contributed by atoms with Gasteiger partial charge in [0.25, 0.3) is 0 Å². The summed E-state index contributed by atoms with van der Waals surface area (Å²) in [5.41, 5.74) is -1.79. The van der Waals surface area contributed by atoms with E-state index >= 15 is 0 Å². The van der Waals surface area contributed by atoms with Crippen molar-refractivity contribution in [1.29, 1.82) is 0 Å². The van der Waals surface area contributed by atoms with Crippen LogP contribution >= 0.6 is 0 Å². The van der Waals surface area contributed by atoms with Crippen molar-refractivity contribution in [1.82, 2.24) is 0 Å². The van der Waals surface area contributed by atoms with Crippen molar-refractivity contribution >= 4 is 11.9 Å². The molecule has 1 N–H and O–H groups in total. The first-order valence-electron chi connectivity index (χ1n) is 8.77. The minimum atomic E-state index is -0.661. The van der Waals surface area contributed by atoms with Crippen molar-refractivity contribution in [3.8, 4) is 0 Å². The molecule has 23 heavy (non-hydrogen) atoms. The van der Waals surface area contributed by atoms with Crippen molar-refractivity contribution in [3.05, 3.63) is 0 Å². The second-order valence-corrected chi connectivity index (χ2v) is 8.66. The second kappa shape index (κ2) is 5.47. The predicted molar refractivity (Wildman–Crippen MR) is 83.5 cm³/mol. The quantitative estimate of drug-likeness (QED) is 0.787. The minimum Gasteiger partial charge on any atom is -0.456 e. The maximum Gasteiger partial charge on any atom is 0.344 e. The molecule has 5 nitrogen and oxygen atoms in total. The molecule has 4 aliphatic rings. The number of aliphatic hydroxyl groups is 1. The Bertz CT molecular complexity index is 496. The average molecular weight is 324 g/mol. The third-order valence-electron chi connectivity index (χ3n) is 6.06. The van der Waals surface area contributed by atoms with Gasteiger partial charge >= 0.3 is 11.9 Å². The van der Waals surface area contributed by atoms with Crippen molar-refractivity contribution in [3.63, 3.8) is 0 Å². The summed E-state index contributed by atoms with van der Waals surface area (Å²) in [5.74, 6) is 0.0446. The van der Waals surface area contributed by atoms with Crippen LogP contribution in [0.5, 0.6) is 0 Å². The van der Waals surface area contributed by atoms with Gasteiger partial charge in [-0.05, 0) is 64.2 Å². The fourth-order valence-electron chi connectivity index (χ4n) is 4.99. The van der Waals surface area contributed by atoms with Gasteiger partial charge in [-0.25, -0.2) is 4.79 Å². The smallest absolute Gasteiger partial charge is 0.344 e. The highest BCUT2D eigenvalue weighted by Crippen LogP contribution is 2.58. The lowest BCUT2D eigenvalue weighted by Crippen LogP contribution is -2.60. The van der Waals surface area contributed by atoms with Gasteiger partial charge in [0.15, 0.2) is 6.61 Å². The molecule has 130 valence electrons. The van der Waals surface area contributed by atoms with Gasteiger partial charge in [-0.2, -0.15) is 0 Å². The van der Waals surface area contributed by atoms with E-state index in [1.165, 1.54) is 0 Å². The van der Waals surface area contributed by atoms with Crippen molar-refractivity contribution < 1.29 is 24.2 Å². The molecule has 4 aliphatic carbocycles. The summed E-state index contributed by atoms with van der Waals surface area (Å²) in [4.78, 5) is 24.1. The molecule has 0 heterocycles. The van der Waals surface area contributed by atoms with E-state index in [2.05, 4.69) is 0 Å². The van der Waals surface area contributed by atoms with E-state index < -0.39 is 22.6 Å². The number of esters is 2. The van der Waals surface area contributed by atoms with E-state index in [-0.39, 0.29) is 12.6 Å². The number of rotatable bonds is 5. The molecule has 0 spiro atoms. The summed E-state index contributed by atoms with van der Waals surface area (Å²) < 4.78 is 10.9. The van der Waals surface area contributed by atoms with E-state index in [1.54, 1.807) is 13.8 Å². The first kappa shape index (κ1) is 16.7. The number of carbonyl (C=O) groups excluding carboxylic acids is 2. The SMILES string of the molecule is CCC(C)(C)C(=O)OCC(=O)OC12CC3CC(CC(O)(C3)C1)C2. The van der Waals surface area contributed by atoms with Crippen LogP contribution in [0.25, 0.3) is 0 Å². The van der Waals surface area contributed by atoms with E-state index in [9.17, 15) is 14.7 Å². The van der Waals surface area contributed by atoms with Crippen LogP contribution in [0.2, 0.25) is 0 Å². The van der Waals surface area contributed by atoms with Gasteiger partial charge in [0.05, 0.1) is 11.0 Å². The Hall–Kier alpha value is -1.10. The molecule has 4 fully saturated rings. The highest BCUT2D eigenvalue weighted by atomic mass is 16.6. The number of hydrogen-bond donors (Lipinski definition) is 1. The summed E-state index contributed by atoms with van der Waals surface area (Å²) in [6.07, 6.45) is 5.68. The molecule has 4 saturated carbocycles. The van der Waals surface area contributed by atoms with Crippen molar-refractivity contribution in [2.45, 2.75) is 76.9 Å². The fraction of sp³-hybridized carbons (Fsp3) is 0.889. The number of carbonyl (C=O) groups is 2. The number of hydrogen-bond acceptors (Lipinski definition) is 5. The zero-order valence-corrected chi connectivity index (χ0v) is 14.4. The number of ether oxygens (including phenoxy) is 2. The minimum absolute atomic E-state index is 0.336. The Morgan fingerprint density at radius 3 is 2.30 bits per heavy atom. The van der Waals surface area contributed by atoms with Crippen LogP contribution in [-0.4, -0.2) is 34.9 Å². The molecule has 0 saturated heterocycles. The molecular weight excluding hydrogens is 296 g/mol. The molecule has 0 radical (unpaired) electrons. The third-order valence-corrected chi connectivity index (χ3v) is 6.06. The fourth-order valence-corrected chi connectivity index (χ4v) is 4.99. The largest absolute Gasteiger partial charge is 0.456 e. The lowest BCUT2D eigenvalue weighted by atomic mass is 9.52. The Kier molecular flexibility index (Phi) is 3.98. The molecule has 0 aromatic carbocycles. The first-order valence-corrected chi connectivity index (χ1v) is 8.77. The molecule has 4 bridgehead atoms. The molecule has 0 aromatic rings. The maximum atomic E-state index is 12.2. The normalized spacial score (nSPS) is 38.4. The van der Waals surface area contributed by atoms with Crippen LogP contribution in [0.1, 0.15) is 65.7 Å². The topological polar surface area (TPSA) is 72.8 Å². The molecule has 0 amide bonds. The zero-order chi connectivity index (χ0) is 16.9. The van der Waals surface area contributed by atoms with E-state index in [0.29, 0.717) is 24.7 Å². The molecule has 0 aromatic heterocycles. The van der Waals surface area contributed by atoms with Crippen LogP contribution in [0.15, 0.2) is 0 Å². The van der Waals surface area contributed by atoms with Crippen LogP contribution in [0.3, 0.4) is 0 Å². The van der Waals surface area contributed by atoms with E-state index in [0.717, 1.165) is 32.1 Å². The van der Waals surface area contributed by atoms with Crippen molar-refractivity contribution in [2.75, 3.05) is 6.61 Å². The molecule has 4 rings (SSSR count). The highest BCUT2D eigenvalue weighted by Gasteiger charge is 2.59. The first-order chi connectivity index (χ1) is 10.7. The summed E-state index contributed by atoms with van der Waals surface area (Å²) in [6.45, 7) is 5.18. The Morgan fingerprint density at radius 2 is 1.78 bits per heavy atom. The Morgan fingerprint density at radius 1 is 1.17 bits per heavy atom. The highest BCUT2D eigenvalue weighted by molar-refractivity contribution is 5.80. The second-order valence-electron chi connectivity index (χ2n) is 8.66. The molecule has 2 atom stereocenters. The summed E-state index contributed by atoms with van der Waals surface area (Å²) >= 11 is 0. The maximum absolute atomic E-state index is 12.2.